The van der Waals surface area contributed by atoms with Crippen molar-refractivity contribution in [1.29, 1.82) is 0 Å². The normalized spacial score (nSPS) is 20.5. The molecular formula is C22H29ClN7O5P. The van der Waals surface area contributed by atoms with Gasteiger partial charge in [0.05, 0.1) is 30.5 Å². The lowest BCUT2D eigenvalue weighted by molar-refractivity contribution is -0.145. The number of alkyl halides is 1. The van der Waals surface area contributed by atoms with Crippen molar-refractivity contribution < 1.29 is 23.3 Å². The Morgan fingerprint density at radius 3 is 2.83 bits per heavy atom. The summed E-state index contributed by atoms with van der Waals surface area (Å²) in [7, 11) is 0.0707. The Labute approximate surface area is 214 Å². The van der Waals surface area contributed by atoms with E-state index in [1.54, 1.807) is 43.9 Å². The van der Waals surface area contributed by atoms with E-state index in [9.17, 15) is 4.79 Å². The fourth-order valence-electron chi connectivity index (χ4n) is 3.61. The number of nitrogens with two attached hydrogens (primary N) is 1. The van der Waals surface area contributed by atoms with E-state index in [2.05, 4.69) is 25.4 Å². The molecule has 0 bridgehead atoms. The quantitative estimate of drug-likeness (QED) is 0.188. The molecule has 0 spiro atoms. The van der Waals surface area contributed by atoms with Crippen molar-refractivity contribution in [2.45, 2.75) is 44.1 Å². The fraction of sp³-hybridized carbons (Fsp3) is 0.455. The summed E-state index contributed by atoms with van der Waals surface area (Å²) >= 11 is 6.65. The van der Waals surface area contributed by atoms with Crippen molar-refractivity contribution in [2.75, 3.05) is 31.2 Å². The Morgan fingerprint density at radius 2 is 2.11 bits per heavy atom. The number of nitrogens with one attached hydrogen (secondary N) is 2. The number of rotatable bonds is 11. The van der Waals surface area contributed by atoms with Gasteiger partial charge in [-0.1, -0.05) is 18.2 Å². The van der Waals surface area contributed by atoms with Crippen LogP contribution in [0.2, 0.25) is 0 Å². The molecule has 0 saturated carbocycles. The number of nitrogen functional groups attached to an aromatic ring is 1. The molecule has 36 heavy (non-hydrogen) atoms. The predicted molar refractivity (Wildman–Crippen MR) is 137 cm³/mol. The van der Waals surface area contributed by atoms with E-state index in [1.807, 2.05) is 18.2 Å². The molecule has 12 nitrogen and oxygen atoms in total. The van der Waals surface area contributed by atoms with Gasteiger partial charge < -0.3 is 29.6 Å². The topological polar surface area (TPSA) is 148 Å². The number of hydrogen-bond donors (Lipinski definition) is 3. The molecule has 4 N–H and O–H groups in total. The van der Waals surface area contributed by atoms with Crippen LogP contribution < -0.4 is 20.7 Å². The third kappa shape index (κ3) is 6.51. The highest BCUT2D eigenvalue weighted by Gasteiger charge is 2.37. The van der Waals surface area contributed by atoms with Gasteiger partial charge in [0.2, 0.25) is 5.95 Å². The van der Waals surface area contributed by atoms with E-state index in [4.69, 9.17) is 35.9 Å². The summed E-state index contributed by atoms with van der Waals surface area (Å²) in [4.78, 5) is 24.9. The number of halogens is 1. The summed E-state index contributed by atoms with van der Waals surface area (Å²) in [6.45, 7) is 3.71. The third-order valence-electron chi connectivity index (χ3n) is 5.11. The number of benzene rings is 1. The number of aromatic nitrogens is 4. The number of imidazole rings is 1. The van der Waals surface area contributed by atoms with Crippen molar-refractivity contribution in [1.82, 2.24) is 24.6 Å². The van der Waals surface area contributed by atoms with Crippen molar-refractivity contribution in [3.05, 3.63) is 36.7 Å². The molecule has 1 saturated heterocycles. The van der Waals surface area contributed by atoms with Crippen molar-refractivity contribution >= 4 is 49.0 Å². The molecular weight excluding hydrogens is 509 g/mol. The SMILES string of the molecule is CNc1nc(N)nc2c1ncn2C1OC(COP(NCC(=O)OC(C)C)Oc2ccccc2)CC1Cl. The molecule has 14 heteroatoms. The minimum atomic E-state index is -1.66. The van der Waals surface area contributed by atoms with Crippen molar-refractivity contribution in [3.8, 4) is 5.75 Å². The molecule has 1 aromatic carbocycles. The maximum atomic E-state index is 12.0. The number of hydrogen-bond acceptors (Lipinski definition) is 11. The highest BCUT2D eigenvalue weighted by Crippen LogP contribution is 2.39. The van der Waals surface area contributed by atoms with Gasteiger partial charge in [0.15, 0.2) is 23.2 Å². The lowest BCUT2D eigenvalue weighted by Gasteiger charge is -2.21. The fourth-order valence-corrected chi connectivity index (χ4v) is 5.07. The van der Waals surface area contributed by atoms with Crippen LogP contribution in [0.15, 0.2) is 36.7 Å². The average molecular weight is 538 g/mol. The number of para-hydroxylation sites is 1. The maximum Gasteiger partial charge on any atom is 0.320 e. The van der Waals surface area contributed by atoms with Crippen molar-refractivity contribution in [2.24, 2.45) is 0 Å². The summed E-state index contributed by atoms with van der Waals surface area (Å²) in [6.07, 6.45) is 1.06. The van der Waals surface area contributed by atoms with Gasteiger partial charge in [0, 0.05) is 7.05 Å². The minimum Gasteiger partial charge on any atom is -0.462 e. The highest BCUT2D eigenvalue weighted by molar-refractivity contribution is 7.45. The Balaban J connectivity index is 1.41. The Kier molecular flexibility index (Phi) is 8.76. The van der Waals surface area contributed by atoms with Crippen LogP contribution in [0.1, 0.15) is 26.5 Å². The van der Waals surface area contributed by atoms with Gasteiger partial charge >= 0.3 is 14.5 Å². The number of carbonyl (C=O) groups excluding carboxylic acids is 1. The van der Waals surface area contributed by atoms with E-state index in [1.165, 1.54) is 0 Å². The molecule has 4 rings (SSSR count). The first kappa shape index (κ1) is 26.3. The van der Waals surface area contributed by atoms with Crippen LogP contribution in [0.25, 0.3) is 11.2 Å². The predicted octanol–water partition coefficient (Wildman–Crippen LogP) is 3.21. The standard InChI is InChI=1S/C22H29ClN7O5P/c1-13(2)33-17(31)10-27-36(35-14-7-5-4-6-8-14)32-11-15-9-16(23)21(34-15)30-12-26-18-19(25-3)28-22(24)29-20(18)30/h4-8,12-13,15-16,21,27H,9-11H2,1-3H3,(H3,24,25,28,29). The Hall–Kier alpha value is -2.76. The van der Waals surface area contributed by atoms with Gasteiger partial charge in [-0.25, -0.2) is 10.1 Å². The van der Waals surface area contributed by atoms with Gasteiger partial charge in [-0.15, -0.1) is 11.6 Å². The van der Waals surface area contributed by atoms with E-state index in [0.29, 0.717) is 29.2 Å². The summed E-state index contributed by atoms with van der Waals surface area (Å²) in [6, 6.07) is 9.20. The van der Waals surface area contributed by atoms with Gasteiger partial charge in [-0.3, -0.25) is 9.36 Å². The maximum absolute atomic E-state index is 12.0. The summed E-state index contributed by atoms with van der Waals surface area (Å²) in [5, 5.41) is 5.60. The molecule has 1 aliphatic rings. The minimum absolute atomic E-state index is 0.0566. The molecule has 0 aliphatic carbocycles. The molecule has 3 aromatic rings. The molecule has 4 unspecified atom stereocenters. The van der Waals surface area contributed by atoms with E-state index < -0.39 is 20.7 Å². The van der Waals surface area contributed by atoms with Crippen molar-refractivity contribution in [3.63, 3.8) is 0 Å². The second-order valence-electron chi connectivity index (χ2n) is 8.24. The molecule has 1 fully saturated rings. The van der Waals surface area contributed by atoms with E-state index in [0.717, 1.165) is 0 Å². The average Bonchev–Trinajstić information content (AvgIpc) is 3.43. The van der Waals surface area contributed by atoms with Crippen LogP contribution in [0, 0.1) is 0 Å². The number of ether oxygens (including phenoxy) is 2. The lowest BCUT2D eigenvalue weighted by Crippen LogP contribution is -2.26. The number of carbonyl (C=O) groups is 1. The first-order chi connectivity index (χ1) is 17.3. The molecule has 3 heterocycles. The number of anilines is 2. The van der Waals surface area contributed by atoms with Gasteiger partial charge in [0.25, 0.3) is 0 Å². The van der Waals surface area contributed by atoms with Gasteiger partial charge in [0.1, 0.15) is 12.3 Å². The van der Waals surface area contributed by atoms with Crippen LogP contribution >= 0.6 is 20.1 Å². The first-order valence-corrected chi connectivity index (χ1v) is 13.0. The van der Waals surface area contributed by atoms with E-state index in [-0.39, 0.29) is 36.7 Å². The van der Waals surface area contributed by atoms with E-state index >= 15 is 0 Å². The second-order valence-corrected chi connectivity index (χ2v) is 10.1. The molecule has 2 aromatic heterocycles. The zero-order chi connectivity index (χ0) is 25.7. The van der Waals surface area contributed by atoms with Crippen LogP contribution in [0.4, 0.5) is 11.8 Å². The number of nitrogens with zero attached hydrogens (tertiary/aromatic N) is 4. The largest absolute Gasteiger partial charge is 0.462 e. The summed E-state index contributed by atoms with van der Waals surface area (Å²) < 4.78 is 25.1. The molecule has 0 amide bonds. The Bertz CT molecular complexity index is 1170. The molecule has 0 radical (unpaired) electrons. The van der Waals surface area contributed by atoms with Crippen LogP contribution in [0.5, 0.6) is 5.75 Å². The zero-order valence-corrected chi connectivity index (χ0v) is 21.8. The smallest absolute Gasteiger partial charge is 0.320 e. The van der Waals surface area contributed by atoms with Crippen LogP contribution in [-0.2, 0) is 18.8 Å². The lowest BCUT2D eigenvalue weighted by atomic mass is 10.2. The number of fused-ring (bicyclic) bond motifs is 1. The van der Waals surface area contributed by atoms with Gasteiger partial charge in [-0.2, -0.15) is 9.97 Å². The van der Waals surface area contributed by atoms with Gasteiger partial charge in [-0.05, 0) is 32.4 Å². The van der Waals surface area contributed by atoms with Crippen LogP contribution in [0.3, 0.4) is 0 Å². The monoisotopic (exact) mass is 537 g/mol. The third-order valence-corrected chi connectivity index (χ3v) is 6.68. The summed E-state index contributed by atoms with van der Waals surface area (Å²) in [5.74, 6) is 0.843. The summed E-state index contributed by atoms with van der Waals surface area (Å²) in [5.41, 5.74) is 6.94. The van der Waals surface area contributed by atoms with Crippen LogP contribution in [-0.4, -0.2) is 63.3 Å². The molecule has 194 valence electrons. The number of esters is 1. The second kappa shape index (κ2) is 12.0. The highest BCUT2D eigenvalue weighted by atomic mass is 35.5. The zero-order valence-electron chi connectivity index (χ0n) is 20.1. The molecule has 4 atom stereocenters. The Morgan fingerprint density at radius 1 is 1.33 bits per heavy atom. The molecule has 1 aliphatic heterocycles. The first-order valence-electron chi connectivity index (χ1n) is 11.4.